The van der Waals surface area contributed by atoms with E-state index in [0.29, 0.717) is 5.16 Å². The third-order valence-corrected chi connectivity index (χ3v) is 5.40. The number of nitrogens with one attached hydrogen (secondary N) is 2. The molecule has 2 N–H and O–H groups in total. The van der Waals surface area contributed by atoms with Gasteiger partial charge in [-0.25, -0.2) is 9.78 Å². The fraction of sp³-hybridized carbons (Fsp3) is 0.250. The second-order valence-electron chi connectivity index (χ2n) is 6.55. The highest BCUT2D eigenvalue weighted by Gasteiger charge is 2.26. The van der Waals surface area contributed by atoms with Gasteiger partial charge in [-0.05, 0) is 44.0 Å². The normalized spacial score (nSPS) is 14.7. The number of carbonyl (C=O) groups excluding carboxylic acids is 2. The van der Waals surface area contributed by atoms with Crippen LogP contribution in [0, 0.1) is 0 Å². The second-order valence-corrected chi connectivity index (χ2v) is 7.86. The molecule has 27 heavy (non-hydrogen) atoms. The Morgan fingerprint density at radius 2 is 1.81 bits per heavy atom. The van der Waals surface area contributed by atoms with E-state index in [4.69, 9.17) is 4.98 Å². The number of thioether (sulfide) groups is 1. The molecule has 1 aliphatic rings. The molecule has 0 radical (unpaired) electrons. The highest BCUT2D eigenvalue weighted by Crippen LogP contribution is 2.30. The van der Waals surface area contributed by atoms with Gasteiger partial charge in [-0.15, -0.1) is 0 Å². The molecule has 1 unspecified atom stereocenters. The summed E-state index contributed by atoms with van der Waals surface area (Å²) in [6.07, 6.45) is 1.96. The first kappa shape index (κ1) is 17.6. The molecule has 0 bridgehead atoms. The molecule has 1 saturated carbocycles. The van der Waals surface area contributed by atoms with E-state index in [9.17, 15) is 9.59 Å². The lowest BCUT2D eigenvalue weighted by molar-refractivity contribution is -0.119. The van der Waals surface area contributed by atoms with Crippen LogP contribution in [0.3, 0.4) is 0 Å². The summed E-state index contributed by atoms with van der Waals surface area (Å²) in [5.74, 6) is -0.329. The van der Waals surface area contributed by atoms with Crippen LogP contribution in [-0.4, -0.2) is 32.8 Å². The molecule has 1 atom stereocenters. The minimum Gasteiger partial charge on any atom is -0.335 e. The van der Waals surface area contributed by atoms with Gasteiger partial charge in [0.15, 0.2) is 5.16 Å². The Kier molecular flexibility index (Phi) is 4.85. The number of imidazole rings is 1. The molecule has 0 aliphatic heterocycles. The number of rotatable bonds is 5. The average Bonchev–Trinajstić information content (AvgIpc) is 3.40. The summed E-state index contributed by atoms with van der Waals surface area (Å²) in [5.41, 5.74) is 2.82. The van der Waals surface area contributed by atoms with Crippen LogP contribution in [0.1, 0.15) is 19.8 Å². The Hall–Kier alpha value is -2.80. The first-order chi connectivity index (χ1) is 13.1. The predicted molar refractivity (Wildman–Crippen MR) is 106 cm³/mol. The minimum absolute atomic E-state index is 0.211. The number of urea groups is 1. The lowest BCUT2D eigenvalue weighted by atomic mass is 10.3. The Morgan fingerprint density at radius 1 is 1.11 bits per heavy atom. The SMILES string of the molecule is CC(Sc1nc2ccccc2n1-c1ccccc1)C(=O)NC(=O)NC1CC1. The third kappa shape index (κ3) is 3.98. The molecule has 7 heteroatoms. The molecular weight excluding hydrogens is 360 g/mol. The standard InChI is InChI=1S/C20H20N4O2S/c1-13(18(25)23-19(26)21-14-11-12-14)27-20-22-16-9-5-6-10-17(16)24(20)15-7-3-2-4-8-15/h2-10,13-14H,11-12H2,1H3,(H2,21,23,25,26). The van der Waals surface area contributed by atoms with Gasteiger partial charge in [-0.3, -0.25) is 14.7 Å². The van der Waals surface area contributed by atoms with Crippen molar-refractivity contribution in [2.75, 3.05) is 0 Å². The quantitative estimate of drug-likeness (QED) is 0.665. The number of nitrogens with zero attached hydrogens (tertiary/aromatic N) is 2. The Balaban J connectivity index is 1.57. The highest BCUT2D eigenvalue weighted by atomic mass is 32.2. The summed E-state index contributed by atoms with van der Waals surface area (Å²) >= 11 is 1.34. The minimum atomic E-state index is -0.464. The van der Waals surface area contributed by atoms with Crippen molar-refractivity contribution in [3.63, 3.8) is 0 Å². The summed E-state index contributed by atoms with van der Waals surface area (Å²) in [4.78, 5) is 28.9. The van der Waals surface area contributed by atoms with Crippen molar-refractivity contribution in [2.24, 2.45) is 0 Å². The number of fused-ring (bicyclic) bond motifs is 1. The molecule has 0 spiro atoms. The number of hydrogen-bond acceptors (Lipinski definition) is 4. The van der Waals surface area contributed by atoms with Crippen LogP contribution in [0.15, 0.2) is 59.8 Å². The Morgan fingerprint density at radius 3 is 2.56 bits per heavy atom. The second kappa shape index (κ2) is 7.44. The van der Waals surface area contributed by atoms with Gasteiger partial charge in [0.05, 0.1) is 16.3 Å². The molecule has 1 aromatic heterocycles. The molecule has 0 saturated heterocycles. The third-order valence-electron chi connectivity index (χ3n) is 4.35. The van der Waals surface area contributed by atoms with Crippen LogP contribution < -0.4 is 10.6 Å². The number of amides is 3. The van der Waals surface area contributed by atoms with E-state index in [2.05, 4.69) is 10.6 Å². The van der Waals surface area contributed by atoms with Gasteiger partial charge in [-0.1, -0.05) is 42.1 Å². The number of aromatic nitrogens is 2. The molecule has 6 nitrogen and oxygen atoms in total. The van der Waals surface area contributed by atoms with Gasteiger partial charge in [0.1, 0.15) is 0 Å². The van der Waals surface area contributed by atoms with Crippen LogP contribution in [0.25, 0.3) is 16.7 Å². The lowest BCUT2D eigenvalue weighted by Crippen LogP contribution is -2.43. The van der Waals surface area contributed by atoms with Crippen LogP contribution in [-0.2, 0) is 4.79 Å². The van der Waals surface area contributed by atoms with Crippen molar-refractivity contribution in [3.05, 3.63) is 54.6 Å². The van der Waals surface area contributed by atoms with Crippen LogP contribution in [0.4, 0.5) is 4.79 Å². The number of para-hydroxylation sites is 3. The fourth-order valence-corrected chi connectivity index (χ4v) is 3.73. The summed E-state index contributed by atoms with van der Waals surface area (Å²) in [5, 5.41) is 5.43. The van der Waals surface area contributed by atoms with E-state index >= 15 is 0 Å². The molecule has 4 rings (SSSR count). The molecule has 1 aliphatic carbocycles. The van der Waals surface area contributed by atoms with Crippen LogP contribution in [0.5, 0.6) is 0 Å². The van der Waals surface area contributed by atoms with Crippen molar-refractivity contribution in [1.29, 1.82) is 0 Å². The predicted octanol–water partition coefficient (Wildman–Crippen LogP) is 3.49. The number of benzene rings is 2. The fourth-order valence-electron chi connectivity index (χ4n) is 2.78. The molecular formula is C20H20N4O2S. The number of carbonyl (C=O) groups is 2. The van der Waals surface area contributed by atoms with E-state index < -0.39 is 11.3 Å². The van der Waals surface area contributed by atoms with E-state index in [1.54, 1.807) is 6.92 Å². The van der Waals surface area contributed by atoms with Crippen molar-refractivity contribution in [1.82, 2.24) is 20.2 Å². The van der Waals surface area contributed by atoms with E-state index in [-0.39, 0.29) is 11.9 Å². The maximum Gasteiger partial charge on any atom is 0.321 e. The number of hydrogen-bond donors (Lipinski definition) is 2. The maximum absolute atomic E-state index is 12.4. The van der Waals surface area contributed by atoms with Gasteiger partial charge in [-0.2, -0.15) is 0 Å². The van der Waals surface area contributed by atoms with Crippen LogP contribution >= 0.6 is 11.8 Å². The summed E-state index contributed by atoms with van der Waals surface area (Å²) in [6, 6.07) is 17.6. The highest BCUT2D eigenvalue weighted by molar-refractivity contribution is 8.00. The maximum atomic E-state index is 12.4. The topological polar surface area (TPSA) is 76.0 Å². The zero-order chi connectivity index (χ0) is 18.8. The van der Waals surface area contributed by atoms with Gasteiger partial charge in [0.25, 0.3) is 0 Å². The molecule has 2 aromatic carbocycles. The monoisotopic (exact) mass is 380 g/mol. The average molecular weight is 380 g/mol. The summed E-state index contributed by atoms with van der Waals surface area (Å²) in [7, 11) is 0. The zero-order valence-electron chi connectivity index (χ0n) is 14.9. The van der Waals surface area contributed by atoms with Gasteiger partial charge in [0, 0.05) is 11.7 Å². The first-order valence-electron chi connectivity index (χ1n) is 8.93. The van der Waals surface area contributed by atoms with Gasteiger partial charge < -0.3 is 5.32 Å². The Bertz CT molecular complexity index is 982. The summed E-state index contributed by atoms with van der Waals surface area (Å²) in [6.45, 7) is 1.78. The zero-order valence-corrected chi connectivity index (χ0v) is 15.7. The van der Waals surface area contributed by atoms with Crippen molar-refractivity contribution >= 4 is 34.7 Å². The van der Waals surface area contributed by atoms with Crippen molar-refractivity contribution in [3.8, 4) is 5.69 Å². The lowest BCUT2D eigenvalue weighted by Gasteiger charge is -2.13. The van der Waals surface area contributed by atoms with Crippen LogP contribution in [0.2, 0.25) is 0 Å². The van der Waals surface area contributed by atoms with E-state index in [0.717, 1.165) is 29.6 Å². The smallest absolute Gasteiger partial charge is 0.321 e. The molecule has 138 valence electrons. The molecule has 3 aromatic rings. The molecule has 3 amide bonds. The van der Waals surface area contributed by atoms with Crippen molar-refractivity contribution in [2.45, 2.75) is 36.2 Å². The number of imide groups is 1. The summed E-state index contributed by atoms with van der Waals surface area (Å²) < 4.78 is 2.04. The van der Waals surface area contributed by atoms with E-state index in [1.165, 1.54) is 11.8 Å². The first-order valence-corrected chi connectivity index (χ1v) is 9.80. The Labute approximate surface area is 161 Å². The largest absolute Gasteiger partial charge is 0.335 e. The van der Waals surface area contributed by atoms with E-state index in [1.807, 2.05) is 59.2 Å². The molecule has 1 fully saturated rings. The van der Waals surface area contributed by atoms with Gasteiger partial charge in [0.2, 0.25) is 5.91 Å². The van der Waals surface area contributed by atoms with Gasteiger partial charge >= 0.3 is 6.03 Å². The molecule has 1 heterocycles. The van der Waals surface area contributed by atoms with Crippen molar-refractivity contribution < 1.29 is 9.59 Å².